The van der Waals surface area contributed by atoms with Crippen LogP contribution in [-0.2, 0) is 19.1 Å². The number of fused-ring (bicyclic) bond motifs is 3. The number of hydrogen-bond acceptors (Lipinski definition) is 5. The molecule has 0 bridgehead atoms. The largest absolute Gasteiger partial charge is 0.462 e. The van der Waals surface area contributed by atoms with E-state index in [9.17, 15) is 14.4 Å². The Morgan fingerprint density at radius 1 is 1.33 bits per heavy atom. The van der Waals surface area contributed by atoms with E-state index in [2.05, 4.69) is 20.1 Å². The summed E-state index contributed by atoms with van der Waals surface area (Å²) in [6, 6.07) is 0. The summed E-state index contributed by atoms with van der Waals surface area (Å²) in [6.07, 6.45) is 2.04. The summed E-state index contributed by atoms with van der Waals surface area (Å²) in [6.45, 7) is 12.0. The maximum atomic E-state index is 12.6. The Morgan fingerprint density at radius 2 is 2.04 bits per heavy atom. The maximum Gasteiger partial charge on any atom is 0.306 e. The van der Waals surface area contributed by atoms with Crippen molar-refractivity contribution >= 4 is 28.6 Å². The van der Waals surface area contributed by atoms with Gasteiger partial charge in [0.1, 0.15) is 11.9 Å². The van der Waals surface area contributed by atoms with Crippen LogP contribution in [0, 0.1) is 23.7 Å². The molecule has 0 radical (unpaired) electrons. The number of ketones is 1. The number of Topliss-reactive ketones (excluding diaryl/α,β-unsaturated/α-hetero) is 1. The second-order valence-corrected chi connectivity index (χ2v) is 8.38. The van der Waals surface area contributed by atoms with Crippen LogP contribution in [0.5, 0.6) is 0 Å². The fourth-order valence-electron chi connectivity index (χ4n) is 4.53. The van der Waals surface area contributed by atoms with Gasteiger partial charge in [0.25, 0.3) is 0 Å². The minimum absolute atomic E-state index is 0.0643. The number of carbonyl (C=O) groups is 3. The predicted octanol–water partition coefficient (Wildman–Crippen LogP) is 3.31. The number of hydrogen-bond donors (Lipinski definition) is 0. The van der Waals surface area contributed by atoms with Crippen molar-refractivity contribution < 1.29 is 19.1 Å². The van der Waals surface area contributed by atoms with Gasteiger partial charge >= 0.3 is 5.97 Å². The summed E-state index contributed by atoms with van der Waals surface area (Å²) in [4.78, 5) is 36.6. The van der Waals surface area contributed by atoms with Crippen LogP contribution in [0.3, 0.4) is 0 Å². The third-order valence-corrected chi connectivity index (χ3v) is 7.08. The van der Waals surface area contributed by atoms with Gasteiger partial charge in [-0.2, -0.15) is 0 Å². The molecule has 2 saturated carbocycles. The summed E-state index contributed by atoms with van der Waals surface area (Å²) in [5.74, 6) is -0.136. The lowest BCUT2D eigenvalue weighted by Gasteiger charge is -2.29. The van der Waals surface area contributed by atoms with Crippen LogP contribution in [0.25, 0.3) is 0 Å². The Morgan fingerprint density at radius 3 is 2.71 bits per heavy atom. The number of thioether (sulfide) groups is 1. The van der Waals surface area contributed by atoms with E-state index in [1.165, 1.54) is 11.8 Å². The van der Waals surface area contributed by atoms with Crippen LogP contribution in [-0.4, -0.2) is 28.2 Å². The van der Waals surface area contributed by atoms with Gasteiger partial charge in [-0.25, -0.2) is 0 Å². The molecular formula is C19H24O4S. The van der Waals surface area contributed by atoms with E-state index in [0.717, 1.165) is 12.0 Å². The molecule has 6 unspecified atom stereocenters. The highest BCUT2D eigenvalue weighted by Crippen LogP contribution is 2.56. The van der Waals surface area contributed by atoms with Crippen LogP contribution in [0.1, 0.15) is 39.5 Å². The molecule has 3 rings (SSSR count). The first kappa shape index (κ1) is 17.5. The summed E-state index contributed by atoms with van der Waals surface area (Å²) in [5, 5.41) is -0.158. The second kappa shape index (κ2) is 6.51. The average molecular weight is 348 g/mol. The summed E-state index contributed by atoms with van der Waals surface area (Å²) < 4.78 is 5.69. The molecule has 3 aliphatic rings. The first-order valence-electron chi connectivity index (χ1n) is 8.64. The molecule has 0 N–H and O–H groups in total. The molecule has 130 valence electrons. The lowest BCUT2D eigenvalue weighted by molar-refractivity contribution is -0.151. The Bertz CT molecular complexity index is 623. The van der Waals surface area contributed by atoms with Crippen molar-refractivity contribution in [3.8, 4) is 0 Å². The van der Waals surface area contributed by atoms with Gasteiger partial charge in [0.2, 0.25) is 5.12 Å². The van der Waals surface area contributed by atoms with E-state index in [0.29, 0.717) is 24.8 Å². The zero-order chi connectivity index (χ0) is 17.6. The highest BCUT2D eigenvalue weighted by atomic mass is 32.2. The van der Waals surface area contributed by atoms with Gasteiger partial charge < -0.3 is 4.74 Å². The SMILES string of the molecule is C=C1CC(=O)C2C(=C)C(=O)SC2C2C1CC(OC(=O)CCC)C2C. The highest BCUT2D eigenvalue weighted by molar-refractivity contribution is 8.15. The first-order valence-corrected chi connectivity index (χ1v) is 9.52. The van der Waals surface area contributed by atoms with Crippen LogP contribution >= 0.6 is 11.8 Å². The zero-order valence-electron chi connectivity index (χ0n) is 14.2. The smallest absolute Gasteiger partial charge is 0.306 e. The molecule has 6 atom stereocenters. The quantitative estimate of drug-likeness (QED) is 0.445. The van der Waals surface area contributed by atoms with Crippen molar-refractivity contribution in [3.63, 3.8) is 0 Å². The Balaban J connectivity index is 1.88. The van der Waals surface area contributed by atoms with E-state index < -0.39 is 5.92 Å². The van der Waals surface area contributed by atoms with Gasteiger partial charge in [-0.15, -0.1) is 0 Å². The van der Waals surface area contributed by atoms with E-state index in [-0.39, 0.29) is 46.0 Å². The average Bonchev–Trinajstić information content (AvgIpc) is 2.94. The normalized spacial score (nSPS) is 38.8. The molecule has 1 saturated heterocycles. The lowest BCUT2D eigenvalue weighted by atomic mass is 9.80. The number of ether oxygens (including phenoxy) is 1. The van der Waals surface area contributed by atoms with Gasteiger partial charge in [0, 0.05) is 23.7 Å². The monoisotopic (exact) mass is 348 g/mol. The van der Waals surface area contributed by atoms with Gasteiger partial charge in [0.05, 0.1) is 5.92 Å². The van der Waals surface area contributed by atoms with Gasteiger partial charge in [-0.1, -0.05) is 44.3 Å². The minimum Gasteiger partial charge on any atom is -0.462 e. The molecule has 1 heterocycles. The van der Waals surface area contributed by atoms with Crippen molar-refractivity contribution in [1.29, 1.82) is 0 Å². The number of esters is 1. The van der Waals surface area contributed by atoms with Gasteiger partial charge in [-0.3, -0.25) is 14.4 Å². The summed E-state index contributed by atoms with van der Waals surface area (Å²) in [5.41, 5.74) is 1.35. The molecule has 0 aromatic carbocycles. The van der Waals surface area contributed by atoms with Crippen LogP contribution in [0.15, 0.2) is 24.3 Å². The number of rotatable bonds is 3. The van der Waals surface area contributed by atoms with E-state index >= 15 is 0 Å². The molecule has 0 amide bonds. The molecule has 2 aliphatic carbocycles. The third kappa shape index (κ3) is 2.77. The standard InChI is InChI=1S/C19H24O4S/c1-5-6-15(21)23-14-8-12-9(2)7-13(20)17-11(4)19(22)24-18(17)16(12)10(14)3/h10,12,14,16-18H,2,4-8H2,1,3H3. The van der Waals surface area contributed by atoms with E-state index in [1.807, 2.05) is 6.92 Å². The molecular weight excluding hydrogens is 324 g/mol. The third-order valence-electron chi connectivity index (χ3n) is 5.74. The Kier molecular flexibility index (Phi) is 4.73. The Hall–Kier alpha value is -1.36. The minimum atomic E-state index is -0.401. The Labute approximate surface area is 147 Å². The van der Waals surface area contributed by atoms with Crippen LogP contribution < -0.4 is 0 Å². The summed E-state index contributed by atoms with van der Waals surface area (Å²) in [7, 11) is 0. The van der Waals surface area contributed by atoms with Crippen LogP contribution in [0.4, 0.5) is 0 Å². The fraction of sp³-hybridized carbons (Fsp3) is 0.632. The molecule has 4 nitrogen and oxygen atoms in total. The topological polar surface area (TPSA) is 60.4 Å². The number of carbonyl (C=O) groups excluding carboxylic acids is 3. The molecule has 3 fully saturated rings. The van der Waals surface area contributed by atoms with Crippen molar-refractivity contribution in [1.82, 2.24) is 0 Å². The molecule has 0 spiro atoms. The molecule has 1 aliphatic heterocycles. The van der Waals surface area contributed by atoms with Crippen molar-refractivity contribution in [2.75, 3.05) is 0 Å². The molecule has 0 aromatic rings. The van der Waals surface area contributed by atoms with Crippen molar-refractivity contribution in [3.05, 3.63) is 24.3 Å². The molecule has 5 heteroatoms. The van der Waals surface area contributed by atoms with Crippen molar-refractivity contribution in [2.45, 2.75) is 50.9 Å². The second-order valence-electron chi connectivity index (χ2n) is 7.23. The van der Waals surface area contributed by atoms with Crippen LogP contribution in [0.2, 0.25) is 0 Å². The maximum absolute atomic E-state index is 12.6. The lowest BCUT2D eigenvalue weighted by Crippen LogP contribution is -2.33. The highest BCUT2D eigenvalue weighted by Gasteiger charge is 2.56. The van der Waals surface area contributed by atoms with Gasteiger partial charge in [-0.05, 0) is 30.6 Å². The zero-order valence-corrected chi connectivity index (χ0v) is 15.1. The number of allylic oxidation sites excluding steroid dienone is 1. The van der Waals surface area contributed by atoms with Crippen molar-refractivity contribution in [2.24, 2.45) is 23.7 Å². The predicted molar refractivity (Wildman–Crippen MR) is 93.3 cm³/mol. The summed E-state index contributed by atoms with van der Waals surface area (Å²) >= 11 is 1.25. The molecule has 24 heavy (non-hydrogen) atoms. The van der Waals surface area contributed by atoms with E-state index in [1.54, 1.807) is 0 Å². The van der Waals surface area contributed by atoms with Gasteiger partial charge in [0.15, 0.2) is 0 Å². The first-order chi connectivity index (χ1) is 11.3. The fourth-order valence-corrected chi connectivity index (χ4v) is 6.10. The molecule has 0 aromatic heterocycles. The van der Waals surface area contributed by atoms with E-state index in [4.69, 9.17) is 4.74 Å².